The normalized spacial score (nSPS) is 12.2. The van der Waals surface area contributed by atoms with Crippen molar-refractivity contribution in [3.8, 4) is 5.75 Å². The van der Waals surface area contributed by atoms with Crippen molar-refractivity contribution in [3.05, 3.63) is 92.8 Å². The number of ether oxygens (including phenoxy) is 1. The third-order valence-electron chi connectivity index (χ3n) is 4.99. The molecule has 0 aliphatic carbocycles. The van der Waals surface area contributed by atoms with Gasteiger partial charge >= 0.3 is 0 Å². The summed E-state index contributed by atoms with van der Waals surface area (Å²) < 4.78 is 5.83. The Morgan fingerprint density at radius 1 is 1.03 bits per heavy atom. The van der Waals surface area contributed by atoms with E-state index in [1.54, 1.807) is 18.2 Å². The molecule has 0 fully saturated rings. The Morgan fingerprint density at radius 2 is 1.78 bits per heavy atom. The Morgan fingerprint density at radius 3 is 2.44 bits per heavy atom. The average molecular weight is 449 g/mol. The van der Waals surface area contributed by atoms with Crippen molar-refractivity contribution in [1.29, 1.82) is 0 Å². The molecule has 1 atom stereocenters. The number of aryl methyl sites for hydroxylation is 3. The molecule has 6 heteroatoms. The number of benzene rings is 2. The van der Waals surface area contributed by atoms with Crippen LogP contribution < -0.4 is 15.4 Å². The number of rotatable bonds is 8. The fourth-order valence-electron chi connectivity index (χ4n) is 2.94. The summed E-state index contributed by atoms with van der Waals surface area (Å²) in [4.78, 5) is 26.5. The Kier molecular flexibility index (Phi) is 7.84. The van der Waals surface area contributed by atoms with Crippen LogP contribution in [0.1, 0.15) is 38.8 Å². The van der Waals surface area contributed by atoms with Crippen molar-refractivity contribution in [2.75, 3.05) is 6.61 Å². The largest absolute Gasteiger partial charge is 0.491 e. The van der Waals surface area contributed by atoms with Gasteiger partial charge in [-0.3, -0.25) is 9.59 Å². The molecule has 2 N–H and O–H groups in total. The minimum Gasteiger partial charge on any atom is -0.491 e. The molecule has 32 heavy (non-hydrogen) atoms. The Labute approximate surface area is 193 Å². The summed E-state index contributed by atoms with van der Waals surface area (Å²) in [6.07, 6.45) is 1.68. The summed E-state index contributed by atoms with van der Waals surface area (Å²) >= 11 is 1.49. The van der Waals surface area contributed by atoms with Crippen molar-refractivity contribution in [2.45, 2.75) is 33.7 Å². The molecule has 0 aliphatic heterocycles. The predicted molar refractivity (Wildman–Crippen MR) is 130 cm³/mol. The minimum absolute atomic E-state index is 0.191. The summed E-state index contributed by atoms with van der Waals surface area (Å²) in [7, 11) is 0. The van der Waals surface area contributed by atoms with Gasteiger partial charge in [-0.2, -0.15) is 0 Å². The molecule has 0 aliphatic rings. The Balaban J connectivity index is 1.67. The quantitative estimate of drug-likeness (QED) is 0.475. The lowest BCUT2D eigenvalue weighted by atomic mass is 10.1. The number of carbonyl (C=O) groups is 2. The van der Waals surface area contributed by atoms with E-state index in [0.717, 1.165) is 21.8 Å². The Bertz CT molecular complexity index is 1100. The summed E-state index contributed by atoms with van der Waals surface area (Å²) in [5.41, 5.74) is 4.10. The highest BCUT2D eigenvalue weighted by atomic mass is 32.1. The van der Waals surface area contributed by atoms with Crippen LogP contribution in [0.15, 0.2) is 65.7 Å². The predicted octanol–water partition coefficient (Wildman–Crippen LogP) is 5.03. The molecule has 0 radical (unpaired) electrons. The van der Waals surface area contributed by atoms with Crippen molar-refractivity contribution < 1.29 is 14.3 Å². The van der Waals surface area contributed by atoms with E-state index in [9.17, 15) is 9.59 Å². The first-order chi connectivity index (χ1) is 15.3. The fourth-order valence-corrected chi connectivity index (χ4v) is 3.60. The standard InChI is InChI=1S/C26H28N2O3S/c1-17-7-10-21(11-8-17)25(29)28-24(15-23-6-5-13-32-23)26(30)27-20(4)16-31-22-12-9-18(2)19(3)14-22/h5-15,20H,16H2,1-4H3,(H,27,30)(H,28,29)/b24-15-/t20-/m1/s1. The topological polar surface area (TPSA) is 67.4 Å². The van der Waals surface area contributed by atoms with Gasteiger partial charge < -0.3 is 15.4 Å². The number of carbonyl (C=O) groups excluding carboxylic acids is 2. The molecule has 5 nitrogen and oxygen atoms in total. The number of hydrogen-bond acceptors (Lipinski definition) is 4. The lowest BCUT2D eigenvalue weighted by Crippen LogP contribution is -2.41. The summed E-state index contributed by atoms with van der Waals surface area (Å²) in [6.45, 7) is 8.22. The first kappa shape index (κ1) is 23.3. The highest BCUT2D eigenvalue weighted by molar-refractivity contribution is 7.10. The monoisotopic (exact) mass is 448 g/mol. The molecule has 2 amide bonds. The summed E-state index contributed by atoms with van der Waals surface area (Å²) in [5, 5.41) is 7.59. The first-order valence-electron chi connectivity index (χ1n) is 10.5. The second-order valence-corrected chi connectivity index (χ2v) is 8.80. The van der Waals surface area contributed by atoms with E-state index in [4.69, 9.17) is 4.74 Å². The lowest BCUT2D eigenvalue weighted by molar-refractivity contribution is -0.118. The minimum atomic E-state index is -0.366. The Hall–Kier alpha value is -3.38. The molecular weight excluding hydrogens is 420 g/mol. The highest BCUT2D eigenvalue weighted by Gasteiger charge is 2.17. The fraction of sp³-hybridized carbons (Fsp3) is 0.231. The van der Waals surface area contributed by atoms with E-state index in [-0.39, 0.29) is 23.6 Å². The molecule has 1 heterocycles. The average Bonchev–Trinajstić information content (AvgIpc) is 3.27. The van der Waals surface area contributed by atoms with Gasteiger partial charge in [0.1, 0.15) is 18.1 Å². The molecule has 2 aromatic carbocycles. The highest BCUT2D eigenvalue weighted by Crippen LogP contribution is 2.17. The number of thiophene rings is 1. The van der Waals surface area contributed by atoms with Gasteiger partial charge in [0, 0.05) is 10.4 Å². The van der Waals surface area contributed by atoms with Gasteiger partial charge in [-0.1, -0.05) is 29.8 Å². The van der Waals surface area contributed by atoms with Gasteiger partial charge in [-0.15, -0.1) is 11.3 Å². The van der Waals surface area contributed by atoms with E-state index in [0.29, 0.717) is 12.2 Å². The van der Waals surface area contributed by atoms with E-state index in [1.165, 1.54) is 16.9 Å². The smallest absolute Gasteiger partial charge is 0.268 e. The van der Waals surface area contributed by atoms with Crippen LogP contribution in [0.3, 0.4) is 0 Å². The van der Waals surface area contributed by atoms with Crippen molar-refractivity contribution in [2.24, 2.45) is 0 Å². The van der Waals surface area contributed by atoms with Crippen LogP contribution in [0.4, 0.5) is 0 Å². The zero-order valence-corrected chi connectivity index (χ0v) is 19.6. The van der Waals surface area contributed by atoms with Gasteiger partial charge in [0.25, 0.3) is 11.8 Å². The molecular formula is C26H28N2O3S. The van der Waals surface area contributed by atoms with Crippen LogP contribution in [0.25, 0.3) is 6.08 Å². The summed E-state index contributed by atoms with van der Waals surface area (Å²) in [6, 6.07) is 16.7. The van der Waals surface area contributed by atoms with Gasteiger partial charge in [0.05, 0.1) is 6.04 Å². The first-order valence-corrected chi connectivity index (χ1v) is 11.3. The van der Waals surface area contributed by atoms with E-state index < -0.39 is 0 Å². The van der Waals surface area contributed by atoms with Crippen LogP contribution in [0.2, 0.25) is 0 Å². The van der Waals surface area contributed by atoms with Crippen LogP contribution in [-0.4, -0.2) is 24.5 Å². The molecule has 0 spiro atoms. The van der Waals surface area contributed by atoms with Crippen molar-refractivity contribution in [1.82, 2.24) is 10.6 Å². The van der Waals surface area contributed by atoms with Crippen LogP contribution in [-0.2, 0) is 4.79 Å². The zero-order valence-electron chi connectivity index (χ0n) is 18.8. The summed E-state index contributed by atoms with van der Waals surface area (Å²) in [5.74, 6) is 0.0632. The second kappa shape index (κ2) is 10.8. The number of hydrogen-bond donors (Lipinski definition) is 2. The molecule has 0 saturated heterocycles. The third kappa shape index (κ3) is 6.56. The van der Waals surface area contributed by atoms with Gasteiger partial charge in [-0.05, 0) is 80.6 Å². The van der Waals surface area contributed by atoms with Crippen LogP contribution >= 0.6 is 11.3 Å². The van der Waals surface area contributed by atoms with Gasteiger partial charge in [-0.25, -0.2) is 0 Å². The maximum absolute atomic E-state index is 13.0. The molecule has 166 valence electrons. The van der Waals surface area contributed by atoms with E-state index in [2.05, 4.69) is 10.6 Å². The second-order valence-electron chi connectivity index (χ2n) is 7.83. The SMILES string of the molecule is Cc1ccc(C(=O)N/C(=C\c2cccs2)C(=O)N[C@H](C)COc2ccc(C)c(C)c2)cc1. The molecule has 0 saturated carbocycles. The molecule has 3 rings (SSSR count). The molecule has 3 aromatic rings. The third-order valence-corrected chi connectivity index (χ3v) is 5.81. The van der Waals surface area contributed by atoms with Crippen molar-refractivity contribution >= 4 is 29.2 Å². The molecule has 0 bridgehead atoms. The van der Waals surface area contributed by atoms with Crippen LogP contribution in [0, 0.1) is 20.8 Å². The van der Waals surface area contributed by atoms with Crippen molar-refractivity contribution in [3.63, 3.8) is 0 Å². The maximum Gasteiger partial charge on any atom is 0.268 e. The number of amides is 2. The zero-order chi connectivity index (χ0) is 23.1. The number of nitrogens with one attached hydrogen (secondary N) is 2. The lowest BCUT2D eigenvalue weighted by Gasteiger charge is -2.17. The molecule has 0 unspecified atom stereocenters. The van der Waals surface area contributed by atoms with E-state index >= 15 is 0 Å². The van der Waals surface area contributed by atoms with Gasteiger partial charge in [0.2, 0.25) is 0 Å². The van der Waals surface area contributed by atoms with E-state index in [1.807, 2.05) is 75.5 Å². The van der Waals surface area contributed by atoms with Crippen LogP contribution in [0.5, 0.6) is 5.75 Å². The molecule has 1 aromatic heterocycles. The maximum atomic E-state index is 13.0. The van der Waals surface area contributed by atoms with Gasteiger partial charge in [0.15, 0.2) is 0 Å².